The molecule has 0 saturated heterocycles. The molecule has 0 spiro atoms. The summed E-state index contributed by atoms with van der Waals surface area (Å²) in [6.07, 6.45) is -0.0579. The maximum absolute atomic E-state index is 13.0. The summed E-state index contributed by atoms with van der Waals surface area (Å²) in [4.78, 5) is 7.61. The molecular formula is C19H11F6N5. The molecule has 0 aliphatic carbocycles. The van der Waals surface area contributed by atoms with Gasteiger partial charge in [-0.3, -0.25) is 4.99 Å². The maximum Gasteiger partial charge on any atom is 0.416 e. The summed E-state index contributed by atoms with van der Waals surface area (Å²) in [7, 11) is 1.40. The van der Waals surface area contributed by atoms with E-state index in [0.717, 1.165) is 17.2 Å². The number of aliphatic imine (C=N–C) groups is 1. The Morgan fingerprint density at radius 3 is 2.20 bits per heavy atom. The quantitative estimate of drug-likeness (QED) is 0.312. The second-order valence-corrected chi connectivity index (χ2v) is 5.61. The fourth-order valence-corrected chi connectivity index (χ4v) is 2.25. The zero-order valence-corrected chi connectivity index (χ0v) is 15.1. The van der Waals surface area contributed by atoms with Crippen molar-refractivity contribution in [2.75, 3.05) is 7.05 Å². The Balaban J connectivity index is 2.53. The first-order valence-electron chi connectivity index (χ1n) is 7.92. The number of alkyl halides is 6. The molecule has 0 atom stereocenters. The third-order valence-corrected chi connectivity index (χ3v) is 3.59. The van der Waals surface area contributed by atoms with Gasteiger partial charge < -0.3 is 0 Å². The van der Waals surface area contributed by atoms with Crippen molar-refractivity contribution >= 4 is 11.9 Å². The lowest BCUT2D eigenvalue weighted by atomic mass is 10.0. The van der Waals surface area contributed by atoms with E-state index in [4.69, 9.17) is 6.42 Å². The monoisotopic (exact) mass is 423 g/mol. The Labute approximate surface area is 166 Å². The third kappa shape index (κ3) is 5.35. The molecule has 1 aromatic carbocycles. The summed E-state index contributed by atoms with van der Waals surface area (Å²) in [6.45, 7) is 0. The first-order valence-corrected chi connectivity index (χ1v) is 7.92. The average Bonchev–Trinajstić information content (AvgIpc) is 3.14. The first kappa shape index (κ1) is 22.4. The van der Waals surface area contributed by atoms with Gasteiger partial charge in [-0.15, -0.1) is 11.5 Å². The van der Waals surface area contributed by atoms with Crippen molar-refractivity contribution in [3.8, 4) is 29.8 Å². The van der Waals surface area contributed by atoms with E-state index in [1.807, 2.05) is 6.07 Å². The van der Waals surface area contributed by atoms with E-state index in [1.165, 1.54) is 19.2 Å². The molecule has 0 bridgehead atoms. The van der Waals surface area contributed by atoms with Crippen molar-refractivity contribution in [2.45, 2.75) is 12.4 Å². The summed E-state index contributed by atoms with van der Waals surface area (Å²) >= 11 is 0. The number of halogens is 6. The normalized spacial score (nSPS) is 13.4. The molecule has 154 valence electrons. The minimum absolute atomic E-state index is 0.00991. The standard InChI is InChI=1S/C19H11F6N5/c1-3-4-5-16(27-2)13(9-26)10-30-11-28-17(29-30)12-6-14(18(20,21)22)8-15(7-12)19(23,24)25/h1,4-8,10-11H,2H3/b5-4-,13-10+,27-16?. The number of hydrogen-bond donors (Lipinski definition) is 0. The first-order chi connectivity index (χ1) is 14.0. The Kier molecular flexibility index (Phi) is 6.47. The van der Waals surface area contributed by atoms with Gasteiger partial charge in [0.05, 0.1) is 28.6 Å². The molecule has 0 fully saturated rings. The van der Waals surface area contributed by atoms with Crippen LogP contribution in [-0.2, 0) is 12.4 Å². The predicted octanol–water partition coefficient (Wildman–Crippen LogP) is 4.61. The van der Waals surface area contributed by atoms with Crippen LogP contribution in [0.25, 0.3) is 17.6 Å². The summed E-state index contributed by atoms with van der Waals surface area (Å²) in [5, 5.41) is 13.1. The van der Waals surface area contributed by atoms with Crippen LogP contribution in [0.3, 0.4) is 0 Å². The van der Waals surface area contributed by atoms with Crippen molar-refractivity contribution in [2.24, 2.45) is 4.99 Å². The van der Waals surface area contributed by atoms with Crippen LogP contribution in [0.15, 0.2) is 47.2 Å². The van der Waals surface area contributed by atoms with Crippen molar-refractivity contribution in [1.82, 2.24) is 14.8 Å². The molecule has 0 amide bonds. The predicted molar refractivity (Wildman–Crippen MR) is 96.7 cm³/mol. The molecule has 1 heterocycles. The molecule has 0 aliphatic rings. The molecule has 2 rings (SSSR count). The van der Waals surface area contributed by atoms with Crippen LogP contribution >= 0.6 is 0 Å². The van der Waals surface area contributed by atoms with Gasteiger partial charge in [0.25, 0.3) is 0 Å². The summed E-state index contributed by atoms with van der Waals surface area (Å²) in [5.41, 5.74) is -3.29. The van der Waals surface area contributed by atoms with Gasteiger partial charge in [-0.2, -0.15) is 31.6 Å². The number of benzene rings is 1. The highest BCUT2D eigenvalue weighted by atomic mass is 19.4. The number of terminal acetylenes is 1. The Bertz CT molecular complexity index is 1070. The number of nitrogens with zero attached hydrogens (tertiary/aromatic N) is 5. The van der Waals surface area contributed by atoms with Gasteiger partial charge in [-0.05, 0) is 30.4 Å². The van der Waals surface area contributed by atoms with E-state index in [2.05, 4.69) is 21.0 Å². The fourth-order valence-electron chi connectivity index (χ4n) is 2.25. The minimum Gasteiger partial charge on any atom is -0.287 e. The van der Waals surface area contributed by atoms with Gasteiger partial charge in [-0.1, -0.05) is 5.92 Å². The smallest absolute Gasteiger partial charge is 0.287 e. The van der Waals surface area contributed by atoms with Crippen molar-refractivity contribution in [1.29, 1.82) is 5.26 Å². The number of hydrogen-bond acceptors (Lipinski definition) is 4. The van der Waals surface area contributed by atoms with Crippen LogP contribution in [-0.4, -0.2) is 27.5 Å². The Hall–Kier alpha value is -3.86. The topological polar surface area (TPSA) is 66.9 Å². The number of nitriles is 1. The minimum atomic E-state index is -5.00. The zero-order valence-electron chi connectivity index (χ0n) is 15.1. The largest absolute Gasteiger partial charge is 0.416 e. The van der Waals surface area contributed by atoms with Crippen molar-refractivity contribution < 1.29 is 26.3 Å². The van der Waals surface area contributed by atoms with Gasteiger partial charge in [0.2, 0.25) is 0 Å². The number of aromatic nitrogens is 3. The second-order valence-electron chi connectivity index (χ2n) is 5.61. The molecule has 0 unspecified atom stereocenters. The lowest BCUT2D eigenvalue weighted by Gasteiger charge is -2.13. The van der Waals surface area contributed by atoms with Gasteiger partial charge in [0.15, 0.2) is 5.82 Å². The maximum atomic E-state index is 13.0. The average molecular weight is 423 g/mol. The zero-order chi connectivity index (χ0) is 22.5. The molecule has 30 heavy (non-hydrogen) atoms. The van der Waals surface area contributed by atoms with Gasteiger partial charge >= 0.3 is 12.4 Å². The second kappa shape index (κ2) is 8.66. The van der Waals surface area contributed by atoms with Crippen molar-refractivity contribution in [3.05, 3.63) is 53.4 Å². The van der Waals surface area contributed by atoms with Gasteiger partial charge in [0.1, 0.15) is 12.4 Å². The van der Waals surface area contributed by atoms with Crippen LogP contribution in [0.1, 0.15) is 11.1 Å². The fraction of sp³-hybridized carbons (Fsp3) is 0.158. The van der Waals surface area contributed by atoms with Crippen LogP contribution in [0.4, 0.5) is 26.3 Å². The van der Waals surface area contributed by atoms with Crippen LogP contribution in [0.5, 0.6) is 0 Å². The van der Waals surface area contributed by atoms with Crippen LogP contribution in [0, 0.1) is 23.7 Å². The number of allylic oxidation sites excluding steroid dienone is 3. The molecule has 0 N–H and O–H groups in total. The van der Waals surface area contributed by atoms with Crippen LogP contribution in [0.2, 0.25) is 0 Å². The highest BCUT2D eigenvalue weighted by Crippen LogP contribution is 2.38. The lowest BCUT2D eigenvalue weighted by molar-refractivity contribution is -0.143. The van der Waals surface area contributed by atoms with E-state index in [-0.39, 0.29) is 17.4 Å². The van der Waals surface area contributed by atoms with Crippen molar-refractivity contribution in [3.63, 3.8) is 0 Å². The molecular weight excluding hydrogens is 412 g/mol. The van der Waals surface area contributed by atoms with E-state index in [0.29, 0.717) is 12.1 Å². The van der Waals surface area contributed by atoms with E-state index >= 15 is 0 Å². The van der Waals surface area contributed by atoms with Gasteiger partial charge in [-0.25, -0.2) is 9.67 Å². The number of rotatable bonds is 4. The highest BCUT2D eigenvalue weighted by molar-refractivity contribution is 6.13. The summed E-state index contributed by atoms with van der Waals surface area (Å²) in [5.74, 6) is 1.83. The van der Waals surface area contributed by atoms with E-state index < -0.39 is 34.9 Å². The van der Waals surface area contributed by atoms with Crippen LogP contribution < -0.4 is 0 Å². The molecule has 2 aromatic rings. The molecule has 1 aromatic heterocycles. The molecule has 5 nitrogen and oxygen atoms in total. The van der Waals surface area contributed by atoms with E-state index in [9.17, 15) is 31.6 Å². The summed E-state index contributed by atoms with van der Waals surface area (Å²) in [6, 6.07) is 2.88. The molecule has 0 aliphatic heterocycles. The van der Waals surface area contributed by atoms with E-state index in [1.54, 1.807) is 0 Å². The molecule has 0 saturated carbocycles. The Morgan fingerprint density at radius 1 is 1.13 bits per heavy atom. The summed E-state index contributed by atoms with van der Waals surface area (Å²) < 4.78 is 79.0. The molecule has 11 heteroatoms. The highest BCUT2D eigenvalue weighted by Gasteiger charge is 2.37. The molecule has 0 radical (unpaired) electrons. The Morgan fingerprint density at radius 2 is 1.73 bits per heavy atom. The SMILES string of the molecule is C#C/C=C\C(=NC)/C(C#N)=C/n1cnc(-c2cc(C(F)(F)F)cc(C(F)(F)F)c2)n1. The van der Waals surface area contributed by atoms with Gasteiger partial charge in [0, 0.05) is 12.6 Å². The lowest BCUT2D eigenvalue weighted by Crippen LogP contribution is -2.11. The third-order valence-electron chi connectivity index (χ3n) is 3.59.